The Hall–Kier alpha value is -1.20. The molecule has 2 aromatic rings. The highest BCUT2D eigenvalue weighted by atomic mass is 32.1. The summed E-state index contributed by atoms with van der Waals surface area (Å²) in [5.41, 5.74) is 1.03. The second-order valence-corrected chi connectivity index (χ2v) is 5.28. The molecule has 1 atom stereocenters. The summed E-state index contributed by atoms with van der Waals surface area (Å²) in [5.74, 6) is 0.975. The lowest BCUT2D eigenvalue weighted by Crippen LogP contribution is -2.24. The largest absolute Gasteiger partial charge is 0.369 e. The number of hydrogen-bond acceptors (Lipinski definition) is 5. The zero-order valence-corrected chi connectivity index (χ0v) is 10.5. The smallest absolute Gasteiger partial charge is 0.147 e. The van der Waals surface area contributed by atoms with E-state index in [1.807, 2.05) is 6.07 Å². The first-order valence-electron chi connectivity index (χ1n) is 6.09. The molecular formula is C12H16N4S. The topological polar surface area (TPSA) is 49.8 Å². The predicted octanol–water partition coefficient (Wildman–Crippen LogP) is 2.25. The molecule has 0 radical (unpaired) electrons. The van der Waals surface area contributed by atoms with Crippen LogP contribution in [-0.2, 0) is 0 Å². The number of fused-ring (bicyclic) bond motifs is 1. The molecule has 1 unspecified atom stereocenters. The molecule has 0 bridgehead atoms. The van der Waals surface area contributed by atoms with Crippen molar-refractivity contribution in [3.05, 3.63) is 17.8 Å². The van der Waals surface area contributed by atoms with Crippen LogP contribution in [0, 0.1) is 0 Å². The first-order valence-corrected chi connectivity index (χ1v) is 6.97. The third kappa shape index (κ3) is 2.40. The minimum atomic E-state index is 0.683. The van der Waals surface area contributed by atoms with E-state index < -0.39 is 0 Å². The molecule has 90 valence electrons. The van der Waals surface area contributed by atoms with Crippen molar-refractivity contribution in [2.45, 2.75) is 25.3 Å². The summed E-state index contributed by atoms with van der Waals surface area (Å²) >= 11 is 1.69. The molecule has 3 rings (SSSR count). The molecule has 0 aromatic carbocycles. The fourth-order valence-electron chi connectivity index (χ4n) is 2.28. The summed E-state index contributed by atoms with van der Waals surface area (Å²) in [5, 5.41) is 8.98. The van der Waals surface area contributed by atoms with Crippen molar-refractivity contribution in [3.8, 4) is 0 Å². The second kappa shape index (κ2) is 4.98. The molecule has 17 heavy (non-hydrogen) atoms. The van der Waals surface area contributed by atoms with Crippen LogP contribution in [0.4, 0.5) is 5.82 Å². The molecule has 0 saturated carbocycles. The number of rotatable bonds is 4. The number of hydrogen-bond donors (Lipinski definition) is 2. The van der Waals surface area contributed by atoms with E-state index in [1.165, 1.54) is 19.4 Å². The van der Waals surface area contributed by atoms with Crippen molar-refractivity contribution >= 4 is 27.4 Å². The summed E-state index contributed by atoms with van der Waals surface area (Å²) in [6.45, 7) is 2.15. The van der Waals surface area contributed by atoms with E-state index in [2.05, 4.69) is 26.0 Å². The van der Waals surface area contributed by atoms with Gasteiger partial charge in [-0.1, -0.05) is 0 Å². The van der Waals surface area contributed by atoms with Gasteiger partial charge < -0.3 is 10.6 Å². The standard InChI is InChI=1S/C12H16N4S/c1-2-9(13-5-1)3-6-14-12-11-10(4-7-17-11)15-8-16-12/h4,7-9,13H,1-3,5-6H2,(H,14,15,16). The maximum atomic E-state index is 4.31. The van der Waals surface area contributed by atoms with E-state index in [0.29, 0.717) is 6.04 Å². The third-order valence-electron chi connectivity index (χ3n) is 3.19. The van der Waals surface area contributed by atoms with Crippen molar-refractivity contribution in [2.75, 3.05) is 18.4 Å². The SMILES string of the molecule is c1nc(NCCC2CCCN2)c2sccc2n1. The summed E-state index contributed by atoms with van der Waals surface area (Å²) in [6, 6.07) is 2.72. The normalized spacial score (nSPS) is 19.9. The molecule has 2 N–H and O–H groups in total. The summed E-state index contributed by atoms with van der Waals surface area (Å²) in [6.07, 6.45) is 5.41. The molecule has 4 nitrogen and oxygen atoms in total. The van der Waals surface area contributed by atoms with Gasteiger partial charge in [0.05, 0.1) is 10.2 Å². The molecule has 1 aliphatic rings. The van der Waals surface area contributed by atoms with Gasteiger partial charge in [-0.2, -0.15) is 0 Å². The Morgan fingerprint density at radius 2 is 2.47 bits per heavy atom. The lowest BCUT2D eigenvalue weighted by molar-refractivity contribution is 0.574. The number of aromatic nitrogens is 2. The highest BCUT2D eigenvalue weighted by Crippen LogP contribution is 2.24. The van der Waals surface area contributed by atoms with Crippen molar-refractivity contribution in [2.24, 2.45) is 0 Å². The zero-order chi connectivity index (χ0) is 11.5. The van der Waals surface area contributed by atoms with Gasteiger partial charge >= 0.3 is 0 Å². The lowest BCUT2D eigenvalue weighted by atomic mass is 10.1. The van der Waals surface area contributed by atoms with Crippen LogP contribution in [0.25, 0.3) is 10.2 Å². The van der Waals surface area contributed by atoms with E-state index in [4.69, 9.17) is 0 Å². The Balaban J connectivity index is 1.62. The van der Waals surface area contributed by atoms with Crippen LogP contribution in [0.1, 0.15) is 19.3 Å². The van der Waals surface area contributed by atoms with Crippen LogP contribution in [0.3, 0.4) is 0 Å². The van der Waals surface area contributed by atoms with Gasteiger partial charge in [0.25, 0.3) is 0 Å². The Labute approximate surface area is 104 Å². The van der Waals surface area contributed by atoms with E-state index in [1.54, 1.807) is 17.7 Å². The number of nitrogens with zero attached hydrogens (tertiary/aromatic N) is 2. The molecule has 0 amide bonds. The number of thiophene rings is 1. The fraction of sp³-hybridized carbons (Fsp3) is 0.500. The summed E-state index contributed by atoms with van der Waals surface area (Å²) < 4.78 is 1.16. The Morgan fingerprint density at radius 3 is 3.35 bits per heavy atom. The molecule has 1 fully saturated rings. The van der Waals surface area contributed by atoms with Gasteiger partial charge in [0.2, 0.25) is 0 Å². The fourth-order valence-corrected chi connectivity index (χ4v) is 3.09. The zero-order valence-electron chi connectivity index (χ0n) is 9.65. The third-order valence-corrected chi connectivity index (χ3v) is 4.10. The highest BCUT2D eigenvalue weighted by Gasteiger charge is 2.13. The minimum Gasteiger partial charge on any atom is -0.369 e. The van der Waals surface area contributed by atoms with Crippen molar-refractivity contribution < 1.29 is 0 Å². The maximum Gasteiger partial charge on any atom is 0.147 e. The molecular weight excluding hydrogens is 232 g/mol. The highest BCUT2D eigenvalue weighted by molar-refractivity contribution is 7.17. The Kier molecular flexibility index (Phi) is 3.20. The molecule has 1 aliphatic heterocycles. The van der Waals surface area contributed by atoms with Gasteiger partial charge in [0.1, 0.15) is 12.1 Å². The van der Waals surface area contributed by atoms with Crippen LogP contribution < -0.4 is 10.6 Å². The van der Waals surface area contributed by atoms with E-state index in [9.17, 15) is 0 Å². The van der Waals surface area contributed by atoms with Crippen LogP contribution >= 0.6 is 11.3 Å². The molecule has 0 spiro atoms. The van der Waals surface area contributed by atoms with Gasteiger partial charge in [-0.25, -0.2) is 9.97 Å². The molecule has 1 saturated heterocycles. The van der Waals surface area contributed by atoms with E-state index in [0.717, 1.165) is 29.0 Å². The average molecular weight is 248 g/mol. The van der Waals surface area contributed by atoms with Crippen molar-refractivity contribution in [1.29, 1.82) is 0 Å². The number of anilines is 1. The Morgan fingerprint density at radius 1 is 1.47 bits per heavy atom. The van der Waals surface area contributed by atoms with Crippen LogP contribution in [0.2, 0.25) is 0 Å². The van der Waals surface area contributed by atoms with E-state index >= 15 is 0 Å². The molecule has 5 heteroatoms. The first kappa shape index (κ1) is 10.9. The van der Waals surface area contributed by atoms with E-state index in [-0.39, 0.29) is 0 Å². The average Bonchev–Trinajstić information content (AvgIpc) is 2.99. The molecule has 2 aromatic heterocycles. The lowest BCUT2D eigenvalue weighted by Gasteiger charge is -2.11. The summed E-state index contributed by atoms with van der Waals surface area (Å²) in [4.78, 5) is 8.55. The van der Waals surface area contributed by atoms with Gasteiger partial charge in [0, 0.05) is 12.6 Å². The van der Waals surface area contributed by atoms with Crippen LogP contribution in [0.15, 0.2) is 17.8 Å². The second-order valence-electron chi connectivity index (χ2n) is 4.37. The van der Waals surface area contributed by atoms with Crippen molar-refractivity contribution in [3.63, 3.8) is 0 Å². The monoisotopic (exact) mass is 248 g/mol. The molecule has 3 heterocycles. The summed E-state index contributed by atoms with van der Waals surface area (Å²) in [7, 11) is 0. The van der Waals surface area contributed by atoms with Gasteiger partial charge in [-0.3, -0.25) is 0 Å². The predicted molar refractivity (Wildman–Crippen MR) is 71.5 cm³/mol. The van der Waals surface area contributed by atoms with Crippen LogP contribution in [0.5, 0.6) is 0 Å². The maximum absolute atomic E-state index is 4.31. The van der Waals surface area contributed by atoms with Crippen LogP contribution in [-0.4, -0.2) is 29.1 Å². The van der Waals surface area contributed by atoms with Gasteiger partial charge in [0.15, 0.2) is 0 Å². The number of nitrogens with one attached hydrogen (secondary N) is 2. The Bertz CT molecular complexity index is 490. The quantitative estimate of drug-likeness (QED) is 0.871. The van der Waals surface area contributed by atoms with Crippen molar-refractivity contribution in [1.82, 2.24) is 15.3 Å². The first-order chi connectivity index (χ1) is 8.43. The van der Waals surface area contributed by atoms with Gasteiger partial charge in [-0.15, -0.1) is 11.3 Å². The molecule has 0 aliphatic carbocycles. The van der Waals surface area contributed by atoms with Gasteiger partial charge in [-0.05, 0) is 37.3 Å². The minimum absolute atomic E-state index is 0.683.